The average Bonchev–Trinajstić information content (AvgIpc) is 3.11. The number of thioether (sulfide) groups is 1. The number of aromatic nitrogens is 3. The first kappa shape index (κ1) is 20.9. The molecule has 0 atom stereocenters. The van der Waals surface area contributed by atoms with Gasteiger partial charge in [-0.25, -0.2) is 0 Å². The van der Waals surface area contributed by atoms with Crippen LogP contribution in [0.25, 0.3) is 5.69 Å². The molecular weight excluding hydrogens is 408 g/mol. The van der Waals surface area contributed by atoms with E-state index in [0.29, 0.717) is 11.2 Å². The van der Waals surface area contributed by atoms with Gasteiger partial charge in [-0.1, -0.05) is 11.8 Å². The van der Waals surface area contributed by atoms with Gasteiger partial charge in [-0.15, -0.1) is 10.2 Å². The van der Waals surface area contributed by atoms with Gasteiger partial charge in [0.15, 0.2) is 5.16 Å². The first-order valence-electron chi connectivity index (χ1n) is 11.5. The molecule has 1 heterocycles. The first-order chi connectivity index (χ1) is 15.0. The molecule has 1 aromatic carbocycles. The maximum Gasteiger partial charge on any atom is 0.230 e. The van der Waals surface area contributed by atoms with Crippen LogP contribution in [0.4, 0.5) is 0 Å². The van der Waals surface area contributed by atoms with E-state index in [2.05, 4.69) is 15.5 Å². The molecule has 7 heteroatoms. The van der Waals surface area contributed by atoms with Crippen LogP contribution < -0.4 is 10.1 Å². The molecular formula is C24H32N4O2S. The van der Waals surface area contributed by atoms with Crippen LogP contribution in [0.2, 0.25) is 0 Å². The van der Waals surface area contributed by atoms with Gasteiger partial charge in [-0.05, 0) is 99.3 Å². The fraction of sp³-hybridized carbons (Fsp3) is 0.625. The molecule has 1 amide bonds. The number of aryl methyl sites for hydroxylation is 1. The number of carbonyl (C=O) groups excluding carboxylic acids is 1. The summed E-state index contributed by atoms with van der Waals surface area (Å²) in [5, 5.41) is 12.4. The normalized spacial score (nSPS) is 28.6. The highest BCUT2D eigenvalue weighted by molar-refractivity contribution is 7.99. The highest BCUT2D eigenvalue weighted by Crippen LogP contribution is 2.61. The predicted molar refractivity (Wildman–Crippen MR) is 122 cm³/mol. The zero-order valence-electron chi connectivity index (χ0n) is 18.5. The first-order valence-corrected chi connectivity index (χ1v) is 12.5. The van der Waals surface area contributed by atoms with E-state index in [0.717, 1.165) is 53.1 Å². The van der Waals surface area contributed by atoms with Crippen LogP contribution in [0.3, 0.4) is 0 Å². The van der Waals surface area contributed by atoms with Crippen molar-refractivity contribution in [3.05, 3.63) is 30.1 Å². The molecule has 6 rings (SSSR count). The van der Waals surface area contributed by atoms with E-state index in [1.54, 1.807) is 7.11 Å². The van der Waals surface area contributed by atoms with Crippen LogP contribution in [-0.4, -0.2) is 40.1 Å². The Kier molecular flexibility index (Phi) is 5.71. The molecule has 4 bridgehead atoms. The van der Waals surface area contributed by atoms with Gasteiger partial charge in [0.25, 0.3) is 0 Å². The molecule has 6 nitrogen and oxygen atoms in total. The van der Waals surface area contributed by atoms with Crippen molar-refractivity contribution in [2.75, 3.05) is 19.4 Å². The summed E-state index contributed by atoms with van der Waals surface area (Å²) in [5.74, 6) is 4.93. The van der Waals surface area contributed by atoms with E-state index < -0.39 is 0 Å². The lowest BCUT2D eigenvalue weighted by atomic mass is 9.49. The fourth-order valence-electron chi connectivity index (χ4n) is 6.71. The predicted octanol–water partition coefficient (Wildman–Crippen LogP) is 4.40. The lowest BCUT2D eigenvalue weighted by Gasteiger charge is -2.57. The zero-order chi connectivity index (χ0) is 21.4. The molecule has 0 unspecified atom stereocenters. The Labute approximate surface area is 188 Å². The number of nitrogens with one attached hydrogen (secondary N) is 1. The lowest BCUT2D eigenvalue weighted by molar-refractivity contribution is -0.119. The fourth-order valence-corrected chi connectivity index (χ4v) is 7.54. The van der Waals surface area contributed by atoms with E-state index >= 15 is 0 Å². The Morgan fingerprint density at radius 1 is 1.13 bits per heavy atom. The number of nitrogens with zero attached hydrogens (tertiary/aromatic N) is 3. The van der Waals surface area contributed by atoms with E-state index in [9.17, 15) is 4.79 Å². The van der Waals surface area contributed by atoms with Gasteiger partial charge in [0.05, 0.1) is 12.9 Å². The molecule has 4 fully saturated rings. The quantitative estimate of drug-likeness (QED) is 0.616. The van der Waals surface area contributed by atoms with Crippen LogP contribution in [0.15, 0.2) is 29.4 Å². The molecule has 4 aliphatic carbocycles. The van der Waals surface area contributed by atoms with E-state index in [1.807, 2.05) is 35.8 Å². The third kappa shape index (κ3) is 4.34. The number of carbonyl (C=O) groups is 1. The standard InChI is InChI=1S/C24H32N4O2S/c1-16-26-27-23(28(16)20-3-5-21(30-2)6-4-20)31-15-22(29)25-8-7-24-12-17-9-18(13-24)11-19(10-17)14-24/h3-6,17-19H,7-15H2,1-2H3,(H,25,29). The third-order valence-corrected chi connectivity index (χ3v) is 8.53. The Morgan fingerprint density at radius 2 is 1.77 bits per heavy atom. The van der Waals surface area contributed by atoms with Gasteiger partial charge in [-0.2, -0.15) is 0 Å². The average molecular weight is 441 g/mol. The molecule has 166 valence electrons. The number of benzene rings is 1. The van der Waals surface area contributed by atoms with Crippen molar-refractivity contribution in [1.82, 2.24) is 20.1 Å². The molecule has 1 aromatic heterocycles. The Hall–Kier alpha value is -2.02. The SMILES string of the molecule is COc1ccc(-n2c(C)nnc2SCC(=O)NCCC23CC4CC(CC(C4)C2)C3)cc1. The molecule has 0 aliphatic heterocycles. The zero-order valence-corrected chi connectivity index (χ0v) is 19.3. The largest absolute Gasteiger partial charge is 0.497 e. The van der Waals surface area contributed by atoms with Crippen molar-refractivity contribution < 1.29 is 9.53 Å². The number of ether oxygens (including phenoxy) is 1. The smallest absolute Gasteiger partial charge is 0.230 e. The molecule has 4 saturated carbocycles. The van der Waals surface area contributed by atoms with Gasteiger partial charge >= 0.3 is 0 Å². The molecule has 1 N–H and O–H groups in total. The maximum atomic E-state index is 12.5. The van der Waals surface area contributed by atoms with Crippen molar-refractivity contribution in [2.24, 2.45) is 23.2 Å². The van der Waals surface area contributed by atoms with Crippen LogP contribution >= 0.6 is 11.8 Å². The second kappa shape index (κ2) is 8.49. The number of hydrogen-bond donors (Lipinski definition) is 1. The summed E-state index contributed by atoms with van der Waals surface area (Å²) < 4.78 is 7.22. The van der Waals surface area contributed by atoms with E-state index in [4.69, 9.17) is 4.74 Å². The third-order valence-electron chi connectivity index (χ3n) is 7.60. The number of methoxy groups -OCH3 is 1. The second-order valence-corrected chi connectivity index (χ2v) is 10.8. The molecule has 4 aliphatic rings. The second-order valence-electron chi connectivity index (χ2n) is 9.87. The summed E-state index contributed by atoms with van der Waals surface area (Å²) in [4.78, 5) is 12.5. The topological polar surface area (TPSA) is 69.0 Å². The Balaban J connectivity index is 1.14. The minimum Gasteiger partial charge on any atom is -0.497 e. The number of rotatable bonds is 8. The van der Waals surface area contributed by atoms with Crippen molar-refractivity contribution in [1.29, 1.82) is 0 Å². The monoisotopic (exact) mass is 440 g/mol. The van der Waals surface area contributed by atoms with Gasteiger partial charge < -0.3 is 10.1 Å². The number of amides is 1. The van der Waals surface area contributed by atoms with Crippen LogP contribution in [0.1, 0.15) is 50.8 Å². The molecule has 0 saturated heterocycles. The Morgan fingerprint density at radius 3 is 2.39 bits per heavy atom. The van der Waals surface area contributed by atoms with Crippen molar-refractivity contribution in [3.8, 4) is 11.4 Å². The summed E-state index contributed by atoms with van der Waals surface area (Å²) in [6.45, 7) is 2.72. The van der Waals surface area contributed by atoms with Gasteiger partial charge in [-0.3, -0.25) is 9.36 Å². The summed E-state index contributed by atoms with van der Waals surface area (Å²) >= 11 is 1.44. The number of hydrogen-bond acceptors (Lipinski definition) is 5. The minimum absolute atomic E-state index is 0.0802. The van der Waals surface area contributed by atoms with Gasteiger partial charge in [0.1, 0.15) is 11.6 Å². The summed E-state index contributed by atoms with van der Waals surface area (Å²) in [6, 6.07) is 7.79. The minimum atomic E-state index is 0.0802. The van der Waals surface area contributed by atoms with Crippen molar-refractivity contribution in [3.63, 3.8) is 0 Å². The van der Waals surface area contributed by atoms with E-state index in [-0.39, 0.29) is 5.91 Å². The summed E-state index contributed by atoms with van der Waals surface area (Å²) in [5.41, 5.74) is 1.48. The van der Waals surface area contributed by atoms with Gasteiger partial charge in [0.2, 0.25) is 5.91 Å². The van der Waals surface area contributed by atoms with Crippen LogP contribution in [-0.2, 0) is 4.79 Å². The maximum absolute atomic E-state index is 12.5. The summed E-state index contributed by atoms with van der Waals surface area (Å²) in [6.07, 6.45) is 9.74. The van der Waals surface area contributed by atoms with Crippen LogP contribution in [0, 0.1) is 30.1 Å². The van der Waals surface area contributed by atoms with Crippen molar-refractivity contribution in [2.45, 2.75) is 57.0 Å². The van der Waals surface area contributed by atoms with Gasteiger partial charge in [0, 0.05) is 12.2 Å². The molecule has 0 radical (unpaired) electrons. The molecule has 0 spiro atoms. The molecule has 31 heavy (non-hydrogen) atoms. The highest BCUT2D eigenvalue weighted by Gasteiger charge is 2.50. The van der Waals surface area contributed by atoms with E-state index in [1.165, 1.54) is 50.3 Å². The Bertz CT molecular complexity index is 904. The summed E-state index contributed by atoms with van der Waals surface area (Å²) in [7, 11) is 1.65. The molecule has 2 aromatic rings. The highest BCUT2D eigenvalue weighted by atomic mass is 32.2. The van der Waals surface area contributed by atoms with Crippen LogP contribution in [0.5, 0.6) is 5.75 Å². The lowest BCUT2D eigenvalue weighted by Crippen LogP contribution is -2.47. The van der Waals surface area contributed by atoms with Crippen molar-refractivity contribution >= 4 is 17.7 Å².